The highest BCUT2D eigenvalue weighted by atomic mass is 19.4. The highest BCUT2D eigenvalue weighted by molar-refractivity contribution is 5.69. The van der Waals surface area contributed by atoms with Gasteiger partial charge >= 0.3 is 12.3 Å². The van der Waals surface area contributed by atoms with Crippen molar-refractivity contribution in [1.29, 1.82) is 0 Å². The van der Waals surface area contributed by atoms with Gasteiger partial charge < -0.3 is 15.2 Å². The molecule has 4 nitrogen and oxygen atoms in total. The minimum Gasteiger partial charge on any atom is -0.444 e. The molecule has 0 bridgehead atoms. The van der Waals surface area contributed by atoms with Gasteiger partial charge in [-0.25, -0.2) is 4.79 Å². The molecule has 1 aliphatic rings. The third-order valence-corrected chi connectivity index (χ3v) is 2.83. The summed E-state index contributed by atoms with van der Waals surface area (Å²) in [4.78, 5) is 11.5. The zero-order valence-electron chi connectivity index (χ0n) is 10.6. The van der Waals surface area contributed by atoms with E-state index in [1.54, 1.807) is 20.8 Å². The monoisotopic (exact) mass is 269 g/mol. The molecule has 1 rings (SSSR count). The molecular weight excluding hydrogens is 251 g/mol. The maximum atomic E-state index is 12.5. The van der Waals surface area contributed by atoms with Crippen LogP contribution in [0.4, 0.5) is 18.0 Å². The summed E-state index contributed by atoms with van der Waals surface area (Å²) in [7, 11) is 0. The molecule has 0 heterocycles. The SMILES string of the molecule is CC(C)(C)OC(=O)NC1(C(O)C(F)(F)F)CCC1. The summed E-state index contributed by atoms with van der Waals surface area (Å²) in [5.74, 6) is 0. The molecule has 0 aromatic rings. The van der Waals surface area contributed by atoms with Gasteiger partial charge in [-0.15, -0.1) is 0 Å². The van der Waals surface area contributed by atoms with Crippen molar-refractivity contribution in [3.8, 4) is 0 Å². The van der Waals surface area contributed by atoms with Crippen molar-refractivity contribution < 1.29 is 27.8 Å². The second-order valence-corrected chi connectivity index (χ2v) is 5.58. The van der Waals surface area contributed by atoms with E-state index < -0.39 is 29.5 Å². The summed E-state index contributed by atoms with van der Waals surface area (Å²) in [5.41, 5.74) is -2.43. The number of rotatable bonds is 2. The number of amides is 1. The Morgan fingerprint density at radius 2 is 1.83 bits per heavy atom. The van der Waals surface area contributed by atoms with E-state index in [0.29, 0.717) is 6.42 Å². The molecule has 0 aliphatic heterocycles. The van der Waals surface area contributed by atoms with Crippen LogP contribution in [0.3, 0.4) is 0 Å². The van der Waals surface area contributed by atoms with Gasteiger partial charge in [0.25, 0.3) is 0 Å². The minimum absolute atomic E-state index is 0.0902. The quantitative estimate of drug-likeness (QED) is 0.809. The normalized spacial score (nSPS) is 20.8. The van der Waals surface area contributed by atoms with E-state index in [9.17, 15) is 23.1 Å². The molecule has 18 heavy (non-hydrogen) atoms. The number of ether oxygens (including phenoxy) is 1. The van der Waals surface area contributed by atoms with Gasteiger partial charge in [0, 0.05) is 0 Å². The van der Waals surface area contributed by atoms with Crippen LogP contribution in [0.25, 0.3) is 0 Å². The fourth-order valence-electron chi connectivity index (χ4n) is 1.84. The fraction of sp³-hybridized carbons (Fsp3) is 0.909. The third-order valence-electron chi connectivity index (χ3n) is 2.83. The van der Waals surface area contributed by atoms with E-state index in [1.165, 1.54) is 0 Å². The Labute approximate surface area is 103 Å². The van der Waals surface area contributed by atoms with Crippen molar-refractivity contribution in [1.82, 2.24) is 5.32 Å². The lowest BCUT2D eigenvalue weighted by Gasteiger charge is -2.46. The smallest absolute Gasteiger partial charge is 0.416 e. The van der Waals surface area contributed by atoms with Gasteiger partial charge in [-0.05, 0) is 40.0 Å². The van der Waals surface area contributed by atoms with E-state index >= 15 is 0 Å². The number of aliphatic hydroxyl groups is 1. The molecule has 0 saturated heterocycles. The molecule has 1 unspecified atom stereocenters. The molecule has 1 aliphatic carbocycles. The predicted molar refractivity (Wildman–Crippen MR) is 58.0 cm³/mol. The molecule has 0 radical (unpaired) electrons. The van der Waals surface area contributed by atoms with Crippen molar-refractivity contribution in [3.05, 3.63) is 0 Å². The number of aliphatic hydroxyl groups excluding tert-OH is 1. The molecule has 0 aromatic heterocycles. The van der Waals surface area contributed by atoms with E-state index in [4.69, 9.17) is 4.74 Å². The second kappa shape index (κ2) is 4.60. The van der Waals surface area contributed by atoms with Crippen molar-refractivity contribution in [2.24, 2.45) is 0 Å². The Morgan fingerprint density at radius 1 is 1.33 bits per heavy atom. The number of carbonyl (C=O) groups excluding carboxylic acids is 1. The first-order valence-corrected chi connectivity index (χ1v) is 5.72. The summed E-state index contributed by atoms with van der Waals surface area (Å²) in [5, 5.41) is 11.5. The molecule has 0 aromatic carbocycles. The Morgan fingerprint density at radius 3 is 2.11 bits per heavy atom. The van der Waals surface area contributed by atoms with Gasteiger partial charge in [-0.3, -0.25) is 0 Å². The predicted octanol–water partition coefficient (Wildman–Crippen LogP) is 2.36. The number of hydrogen-bond acceptors (Lipinski definition) is 3. The number of hydrogen-bond donors (Lipinski definition) is 2. The van der Waals surface area contributed by atoms with Crippen molar-refractivity contribution in [2.75, 3.05) is 0 Å². The molecule has 106 valence electrons. The maximum Gasteiger partial charge on any atom is 0.416 e. The first-order valence-electron chi connectivity index (χ1n) is 5.72. The van der Waals surface area contributed by atoms with Crippen LogP contribution in [0.1, 0.15) is 40.0 Å². The molecular formula is C11H18F3NO3. The second-order valence-electron chi connectivity index (χ2n) is 5.58. The molecule has 1 atom stereocenters. The number of alkyl carbamates (subject to hydrolysis) is 1. The van der Waals surface area contributed by atoms with Gasteiger partial charge in [0.05, 0.1) is 5.54 Å². The first kappa shape index (κ1) is 15.1. The number of nitrogens with one attached hydrogen (secondary N) is 1. The fourth-order valence-corrected chi connectivity index (χ4v) is 1.84. The molecule has 1 fully saturated rings. The van der Waals surface area contributed by atoms with E-state index in [0.717, 1.165) is 0 Å². The minimum atomic E-state index is -4.75. The number of alkyl halides is 3. The van der Waals surface area contributed by atoms with E-state index in [1.807, 2.05) is 0 Å². The van der Waals surface area contributed by atoms with Crippen LogP contribution in [0.15, 0.2) is 0 Å². The first-order chi connectivity index (χ1) is 7.96. The maximum absolute atomic E-state index is 12.5. The molecule has 7 heteroatoms. The van der Waals surface area contributed by atoms with Crippen LogP contribution in [-0.4, -0.2) is 34.6 Å². The molecule has 2 N–H and O–H groups in total. The lowest BCUT2D eigenvalue weighted by atomic mass is 9.72. The molecule has 0 spiro atoms. The van der Waals surface area contributed by atoms with Gasteiger partial charge in [0.1, 0.15) is 5.60 Å². The lowest BCUT2D eigenvalue weighted by Crippen LogP contribution is -2.65. The largest absolute Gasteiger partial charge is 0.444 e. The van der Waals surface area contributed by atoms with Crippen molar-refractivity contribution >= 4 is 6.09 Å². The van der Waals surface area contributed by atoms with Gasteiger partial charge in [0.15, 0.2) is 6.10 Å². The topological polar surface area (TPSA) is 58.6 Å². The van der Waals surface area contributed by atoms with Gasteiger partial charge in [-0.1, -0.05) is 0 Å². The Bertz CT molecular complexity index is 318. The van der Waals surface area contributed by atoms with Crippen LogP contribution in [-0.2, 0) is 4.74 Å². The zero-order chi connectivity index (χ0) is 14.2. The van der Waals surface area contributed by atoms with E-state index in [2.05, 4.69) is 5.32 Å². The Hall–Kier alpha value is -0.980. The van der Waals surface area contributed by atoms with E-state index in [-0.39, 0.29) is 12.8 Å². The van der Waals surface area contributed by atoms with Gasteiger partial charge in [-0.2, -0.15) is 13.2 Å². The van der Waals surface area contributed by atoms with Crippen LogP contribution < -0.4 is 5.32 Å². The number of halogens is 3. The highest BCUT2D eigenvalue weighted by Gasteiger charge is 2.56. The molecule has 1 amide bonds. The van der Waals surface area contributed by atoms with Crippen molar-refractivity contribution in [2.45, 2.75) is 63.5 Å². The Balaban J connectivity index is 2.70. The molecule has 1 saturated carbocycles. The van der Waals surface area contributed by atoms with Crippen LogP contribution in [0, 0.1) is 0 Å². The van der Waals surface area contributed by atoms with Crippen molar-refractivity contribution in [3.63, 3.8) is 0 Å². The van der Waals surface area contributed by atoms with Crippen LogP contribution >= 0.6 is 0 Å². The summed E-state index contributed by atoms with van der Waals surface area (Å²) < 4.78 is 42.4. The average molecular weight is 269 g/mol. The summed E-state index contributed by atoms with van der Waals surface area (Å²) >= 11 is 0. The summed E-state index contributed by atoms with van der Waals surface area (Å²) in [6, 6.07) is 0. The zero-order valence-corrected chi connectivity index (χ0v) is 10.6. The summed E-state index contributed by atoms with van der Waals surface area (Å²) in [6.07, 6.45) is -7.55. The third kappa shape index (κ3) is 3.51. The number of carbonyl (C=O) groups is 1. The van der Waals surface area contributed by atoms with Crippen LogP contribution in [0.2, 0.25) is 0 Å². The Kier molecular flexibility index (Phi) is 3.86. The standard InChI is InChI=1S/C11H18F3NO3/c1-9(2,3)18-8(17)15-10(5-4-6-10)7(16)11(12,13)14/h7,16H,4-6H2,1-3H3,(H,15,17). The summed E-state index contributed by atoms with van der Waals surface area (Å²) in [6.45, 7) is 4.83. The van der Waals surface area contributed by atoms with Gasteiger partial charge in [0.2, 0.25) is 0 Å². The lowest BCUT2D eigenvalue weighted by molar-refractivity contribution is -0.235. The van der Waals surface area contributed by atoms with Crippen LogP contribution in [0.5, 0.6) is 0 Å². The highest BCUT2D eigenvalue weighted by Crippen LogP contribution is 2.41. The average Bonchev–Trinajstić information content (AvgIpc) is 2.05.